The topological polar surface area (TPSA) is 45.2 Å². The molecule has 0 spiro atoms. The highest BCUT2D eigenvalue weighted by atomic mass is 16.1. The van der Waals surface area contributed by atoms with E-state index in [4.69, 9.17) is 0 Å². The summed E-state index contributed by atoms with van der Waals surface area (Å²) in [7, 11) is 0. The third-order valence-electron chi connectivity index (χ3n) is 2.86. The lowest BCUT2D eigenvalue weighted by atomic mass is 10.1. The minimum absolute atomic E-state index is 0.612. The van der Waals surface area contributed by atoms with Gasteiger partial charge >= 0.3 is 0 Å². The van der Waals surface area contributed by atoms with Gasteiger partial charge in [-0.2, -0.15) is 4.99 Å². The summed E-state index contributed by atoms with van der Waals surface area (Å²) in [5, 5.41) is 1.16. The molecule has 0 atom stereocenters. The minimum Gasteiger partial charge on any atom is -0.355 e. The van der Waals surface area contributed by atoms with Crippen LogP contribution in [0.2, 0.25) is 0 Å². The Hall–Kier alpha value is -2.64. The summed E-state index contributed by atoms with van der Waals surface area (Å²) in [6, 6.07) is 17.7. The van der Waals surface area contributed by atoms with Crippen LogP contribution in [0.15, 0.2) is 59.6 Å². The van der Waals surface area contributed by atoms with Gasteiger partial charge in [0.2, 0.25) is 6.08 Å². The molecule has 1 N–H and O–H groups in total. The van der Waals surface area contributed by atoms with Gasteiger partial charge in [-0.25, -0.2) is 4.79 Å². The second kappa shape index (κ2) is 4.32. The molecule has 3 rings (SSSR count). The van der Waals surface area contributed by atoms with Gasteiger partial charge in [-0.15, -0.1) is 0 Å². The van der Waals surface area contributed by atoms with Crippen LogP contribution < -0.4 is 0 Å². The lowest BCUT2D eigenvalue weighted by Crippen LogP contribution is -1.76. The van der Waals surface area contributed by atoms with Crippen molar-refractivity contribution in [3.05, 3.63) is 54.6 Å². The van der Waals surface area contributed by atoms with Crippen LogP contribution in [0.3, 0.4) is 0 Å². The zero-order chi connectivity index (χ0) is 12.4. The van der Waals surface area contributed by atoms with E-state index < -0.39 is 0 Å². The molecular formula is C15H10N2O. The minimum atomic E-state index is 0.612. The van der Waals surface area contributed by atoms with E-state index in [1.54, 1.807) is 12.1 Å². The van der Waals surface area contributed by atoms with Crippen LogP contribution in [0.5, 0.6) is 0 Å². The molecule has 0 radical (unpaired) electrons. The number of nitrogens with zero attached hydrogens (tertiary/aromatic N) is 1. The number of H-pyrrole nitrogens is 1. The summed E-state index contributed by atoms with van der Waals surface area (Å²) in [5.41, 5.74) is 3.72. The Morgan fingerprint density at radius 1 is 1.00 bits per heavy atom. The normalized spacial score (nSPS) is 10.2. The van der Waals surface area contributed by atoms with E-state index in [1.165, 1.54) is 0 Å². The van der Waals surface area contributed by atoms with Crippen molar-refractivity contribution >= 4 is 22.7 Å². The Morgan fingerprint density at radius 2 is 1.89 bits per heavy atom. The van der Waals surface area contributed by atoms with Crippen LogP contribution in [-0.2, 0) is 4.79 Å². The highest BCUT2D eigenvalue weighted by Gasteiger charge is 2.03. The number of nitrogens with one attached hydrogen (secondary N) is 1. The largest absolute Gasteiger partial charge is 0.355 e. The van der Waals surface area contributed by atoms with Gasteiger partial charge in [0.1, 0.15) is 0 Å². The molecule has 0 saturated carbocycles. The van der Waals surface area contributed by atoms with Crippen molar-refractivity contribution in [2.45, 2.75) is 0 Å². The number of hydrogen-bond acceptors (Lipinski definition) is 2. The number of rotatable bonds is 2. The highest BCUT2D eigenvalue weighted by molar-refractivity contribution is 5.86. The SMILES string of the molecule is O=C=Nc1cccc(-c2cc3ccccc3[nH]2)c1. The fraction of sp³-hybridized carbons (Fsp3) is 0. The summed E-state index contributed by atoms with van der Waals surface area (Å²) < 4.78 is 0. The Balaban J connectivity index is 2.13. The average Bonchev–Trinajstić information content (AvgIpc) is 2.83. The predicted molar refractivity (Wildman–Crippen MR) is 71.5 cm³/mol. The zero-order valence-electron chi connectivity index (χ0n) is 9.55. The van der Waals surface area contributed by atoms with Gasteiger partial charge < -0.3 is 4.98 Å². The maximum Gasteiger partial charge on any atom is 0.240 e. The summed E-state index contributed by atoms with van der Waals surface area (Å²) >= 11 is 0. The van der Waals surface area contributed by atoms with Crippen molar-refractivity contribution in [1.82, 2.24) is 4.98 Å². The Kier molecular flexibility index (Phi) is 2.52. The molecule has 0 unspecified atom stereocenters. The summed E-state index contributed by atoms with van der Waals surface area (Å²) in [5.74, 6) is 0. The summed E-state index contributed by atoms with van der Waals surface area (Å²) in [6.45, 7) is 0. The van der Waals surface area contributed by atoms with Crippen molar-refractivity contribution in [3.63, 3.8) is 0 Å². The number of benzene rings is 2. The van der Waals surface area contributed by atoms with E-state index >= 15 is 0 Å². The molecule has 1 heterocycles. The van der Waals surface area contributed by atoms with Crippen molar-refractivity contribution in [2.75, 3.05) is 0 Å². The second-order valence-corrected chi connectivity index (χ2v) is 4.02. The number of carbonyl (C=O) groups excluding carboxylic acids is 1. The fourth-order valence-corrected chi connectivity index (χ4v) is 2.02. The fourth-order valence-electron chi connectivity index (χ4n) is 2.02. The van der Waals surface area contributed by atoms with Gasteiger partial charge in [-0.3, -0.25) is 0 Å². The first-order chi connectivity index (χ1) is 8.86. The third-order valence-corrected chi connectivity index (χ3v) is 2.86. The Labute approximate surface area is 104 Å². The van der Waals surface area contributed by atoms with Gasteiger partial charge in [0.05, 0.1) is 5.69 Å². The number of aromatic nitrogens is 1. The zero-order valence-corrected chi connectivity index (χ0v) is 9.55. The number of isocyanates is 1. The number of aliphatic imine (C=N–C) groups is 1. The van der Waals surface area contributed by atoms with Crippen molar-refractivity contribution in [3.8, 4) is 11.3 Å². The molecule has 3 aromatic rings. The van der Waals surface area contributed by atoms with Crippen molar-refractivity contribution < 1.29 is 4.79 Å². The molecule has 3 nitrogen and oxygen atoms in total. The van der Waals surface area contributed by atoms with E-state index in [1.807, 2.05) is 36.4 Å². The maximum absolute atomic E-state index is 10.3. The van der Waals surface area contributed by atoms with Gasteiger partial charge in [0.15, 0.2) is 0 Å². The van der Waals surface area contributed by atoms with E-state index in [-0.39, 0.29) is 0 Å². The first-order valence-electron chi connectivity index (χ1n) is 5.63. The number of para-hydroxylation sites is 1. The average molecular weight is 234 g/mol. The van der Waals surface area contributed by atoms with Crippen molar-refractivity contribution in [2.24, 2.45) is 4.99 Å². The Morgan fingerprint density at radius 3 is 2.72 bits per heavy atom. The van der Waals surface area contributed by atoms with Crippen LogP contribution >= 0.6 is 0 Å². The molecule has 0 aliphatic heterocycles. The molecule has 3 heteroatoms. The van der Waals surface area contributed by atoms with Crippen LogP contribution in [0.1, 0.15) is 0 Å². The molecule has 18 heavy (non-hydrogen) atoms. The smallest absolute Gasteiger partial charge is 0.240 e. The van der Waals surface area contributed by atoms with E-state index in [0.29, 0.717) is 5.69 Å². The molecule has 0 aliphatic carbocycles. The third kappa shape index (κ3) is 1.83. The molecule has 0 amide bonds. The molecular weight excluding hydrogens is 224 g/mol. The first-order valence-corrected chi connectivity index (χ1v) is 5.63. The summed E-state index contributed by atoms with van der Waals surface area (Å²) in [6.07, 6.45) is 1.55. The van der Waals surface area contributed by atoms with Crippen LogP contribution in [0.25, 0.3) is 22.2 Å². The van der Waals surface area contributed by atoms with Gasteiger partial charge in [-0.1, -0.05) is 30.3 Å². The Bertz CT molecular complexity index is 719. The quantitative estimate of drug-likeness (QED) is 0.532. The lowest BCUT2D eigenvalue weighted by molar-refractivity contribution is 0.565. The number of hydrogen-bond donors (Lipinski definition) is 1. The monoisotopic (exact) mass is 234 g/mol. The standard InChI is InChI=1S/C15H10N2O/c18-10-16-13-6-3-5-11(8-13)15-9-12-4-1-2-7-14(12)17-15/h1-9,17H. The number of aromatic amines is 1. The second-order valence-electron chi connectivity index (χ2n) is 4.02. The first kappa shape index (κ1) is 10.5. The van der Waals surface area contributed by atoms with Crippen molar-refractivity contribution in [1.29, 1.82) is 0 Å². The molecule has 0 saturated heterocycles. The van der Waals surface area contributed by atoms with Crippen LogP contribution in [0.4, 0.5) is 5.69 Å². The lowest BCUT2D eigenvalue weighted by Gasteiger charge is -1.98. The van der Waals surface area contributed by atoms with E-state index in [2.05, 4.69) is 22.1 Å². The predicted octanol–water partition coefficient (Wildman–Crippen LogP) is 3.80. The molecule has 2 aromatic carbocycles. The van der Waals surface area contributed by atoms with Gasteiger partial charge in [0, 0.05) is 22.2 Å². The molecule has 1 aromatic heterocycles. The van der Waals surface area contributed by atoms with Crippen LogP contribution in [0, 0.1) is 0 Å². The summed E-state index contributed by atoms with van der Waals surface area (Å²) in [4.78, 5) is 17.2. The molecule has 0 aliphatic rings. The van der Waals surface area contributed by atoms with Crippen LogP contribution in [-0.4, -0.2) is 11.1 Å². The van der Waals surface area contributed by atoms with Gasteiger partial charge in [0.25, 0.3) is 0 Å². The molecule has 0 bridgehead atoms. The number of fused-ring (bicyclic) bond motifs is 1. The maximum atomic E-state index is 10.3. The highest BCUT2D eigenvalue weighted by Crippen LogP contribution is 2.26. The van der Waals surface area contributed by atoms with Gasteiger partial charge in [-0.05, 0) is 24.3 Å². The molecule has 86 valence electrons. The molecule has 0 fully saturated rings. The van der Waals surface area contributed by atoms with E-state index in [0.717, 1.165) is 22.2 Å². The van der Waals surface area contributed by atoms with E-state index in [9.17, 15) is 4.79 Å².